The van der Waals surface area contributed by atoms with E-state index in [0.717, 1.165) is 11.3 Å². The Morgan fingerprint density at radius 1 is 1.58 bits per heavy atom. The van der Waals surface area contributed by atoms with Crippen molar-refractivity contribution in [2.45, 2.75) is 36.6 Å². The van der Waals surface area contributed by atoms with Crippen molar-refractivity contribution in [3.05, 3.63) is 14.9 Å². The van der Waals surface area contributed by atoms with Crippen molar-refractivity contribution < 1.29 is 13.2 Å². The van der Waals surface area contributed by atoms with Crippen LogP contribution in [0.25, 0.3) is 0 Å². The third-order valence-corrected chi connectivity index (χ3v) is 8.07. The average molecular weight is 389 g/mol. The van der Waals surface area contributed by atoms with Crippen LogP contribution in [0.3, 0.4) is 0 Å². The van der Waals surface area contributed by atoms with Crippen LogP contribution >= 0.6 is 38.9 Å². The molecule has 2 unspecified atom stereocenters. The van der Waals surface area contributed by atoms with Crippen molar-refractivity contribution >= 4 is 48.9 Å². The van der Waals surface area contributed by atoms with Crippen LogP contribution in [0.2, 0.25) is 5.02 Å². The largest absolute Gasteiger partial charge is 0.381 e. The molecule has 1 aliphatic carbocycles. The van der Waals surface area contributed by atoms with Crippen LogP contribution in [0.5, 0.6) is 0 Å². The van der Waals surface area contributed by atoms with Gasteiger partial charge in [0.25, 0.3) is 0 Å². The molecule has 1 aromatic rings. The minimum Gasteiger partial charge on any atom is -0.381 e. The molecular weight excluding hydrogens is 374 g/mol. The second kappa shape index (κ2) is 5.27. The van der Waals surface area contributed by atoms with Gasteiger partial charge in [-0.3, -0.25) is 0 Å². The minimum atomic E-state index is -3.53. The van der Waals surface area contributed by atoms with Gasteiger partial charge in [0.1, 0.15) is 4.21 Å². The lowest BCUT2D eigenvalue weighted by Crippen LogP contribution is -2.61. The summed E-state index contributed by atoms with van der Waals surface area (Å²) in [5.41, 5.74) is -0.208. The molecule has 1 saturated carbocycles. The van der Waals surface area contributed by atoms with Gasteiger partial charge < -0.3 is 4.74 Å². The monoisotopic (exact) mass is 387 g/mol. The Hall–Kier alpha value is 0.340. The Bertz CT molecular complexity index is 565. The highest BCUT2D eigenvalue weighted by Gasteiger charge is 2.50. The van der Waals surface area contributed by atoms with Gasteiger partial charge in [-0.05, 0) is 28.4 Å². The van der Waals surface area contributed by atoms with Crippen LogP contribution in [0.1, 0.15) is 20.3 Å². The summed E-state index contributed by atoms with van der Waals surface area (Å²) in [7, 11) is -1.88. The number of hydrogen-bond donors (Lipinski definition) is 1. The highest BCUT2D eigenvalue weighted by Crippen LogP contribution is 2.43. The molecule has 0 aliphatic heterocycles. The third-order valence-electron chi connectivity index (χ3n) is 3.65. The highest BCUT2D eigenvalue weighted by atomic mass is 79.9. The predicted molar refractivity (Wildman–Crippen MR) is 80.3 cm³/mol. The zero-order valence-corrected chi connectivity index (χ0v) is 14.7. The molecule has 1 heterocycles. The van der Waals surface area contributed by atoms with Crippen LogP contribution in [0.15, 0.2) is 14.1 Å². The lowest BCUT2D eigenvalue weighted by molar-refractivity contribution is -0.0908. The maximum Gasteiger partial charge on any atom is 0.250 e. The molecule has 0 aromatic carbocycles. The lowest BCUT2D eigenvalue weighted by atomic mass is 9.65. The van der Waals surface area contributed by atoms with Crippen molar-refractivity contribution in [2.24, 2.45) is 5.41 Å². The molecule has 1 aliphatic rings. The maximum atomic E-state index is 12.3. The van der Waals surface area contributed by atoms with E-state index in [1.165, 1.54) is 6.07 Å². The fraction of sp³-hybridized carbons (Fsp3) is 0.636. The van der Waals surface area contributed by atoms with Crippen LogP contribution in [0, 0.1) is 5.41 Å². The number of rotatable bonds is 4. The number of hydrogen-bond acceptors (Lipinski definition) is 4. The average Bonchev–Trinajstić information content (AvgIpc) is 2.65. The fourth-order valence-electron chi connectivity index (χ4n) is 2.19. The Morgan fingerprint density at radius 2 is 2.21 bits per heavy atom. The first-order valence-electron chi connectivity index (χ1n) is 5.68. The molecule has 108 valence electrons. The Morgan fingerprint density at radius 3 is 2.63 bits per heavy atom. The number of methoxy groups -OCH3 is 1. The van der Waals surface area contributed by atoms with Gasteiger partial charge in [-0.1, -0.05) is 25.4 Å². The van der Waals surface area contributed by atoms with Gasteiger partial charge in [0.15, 0.2) is 0 Å². The highest BCUT2D eigenvalue weighted by molar-refractivity contribution is 9.11. The SMILES string of the molecule is COC1CC(NS(=O)(=O)c2cc(Cl)c(Br)s2)C1(C)C. The second-order valence-electron chi connectivity index (χ2n) is 5.14. The minimum absolute atomic E-state index is 0.0823. The van der Waals surface area contributed by atoms with E-state index in [2.05, 4.69) is 20.7 Å². The second-order valence-corrected chi connectivity index (χ2v) is 9.86. The summed E-state index contributed by atoms with van der Waals surface area (Å²) in [6, 6.07) is 1.33. The number of nitrogens with one attached hydrogen (secondary N) is 1. The number of sulfonamides is 1. The van der Waals surface area contributed by atoms with E-state index in [1.54, 1.807) is 7.11 Å². The van der Waals surface area contributed by atoms with Gasteiger partial charge in [-0.25, -0.2) is 13.1 Å². The molecule has 0 saturated heterocycles. The molecule has 19 heavy (non-hydrogen) atoms. The van der Waals surface area contributed by atoms with Crippen molar-refractivity contribution in [1.82, 2.24) is 4.72 Å². The van der Waals surface area contributed by atoms with Crippen molar-refractivity contribution in [3.8, 4) is 0 Å². The summed E-state index contributed by atoms with van der Waals surface area (Å²) in [5.74, 6) is 0. The molecule has 0 spiro atoms. The van der Waals surface area contributed by atoms with E-state index >= 15 is 0 Å². The smallest absolute Gasteiger partial charge is 0.250 e. The van der Waals surface area contributed by atoms with Crippen LogP contribution in [-0.2, 0) is 14.8 Å². The quantitative estimate of drug-likeness (QED) is 0.861. The molecular formula is C11H15BrClNO3S2. The zero-order valence-electron chi connectivity index (χ0n) is 10.7. The van der Waals surface area contributed by atoms with Crippen LogP contribution in [0.4, 0.5) is 0 Å². The van der Waals surface area contributed by atoms with Crippen LogP contribution in [-0.4, -0.2) is 27.7 Å². The van der Waals surface area contributed by atoms with E-state index in [9.17, 15) is 8.42 Å². The first-order valence-corrected chi connectivity index (χ1v) is 9.15. The normalized spacial score (nSPS) is 26.2. The van der Waals surface area contributed by atoms with Gasteiger partial charge in [0, 0.05) is 18.6 Å². The van der Waals surface area contributed by atoms with Crippen LogP contribution < -0.4 is 4.72 Å². The van der Waals surface area contributed by atoms with Gasteiger partial charge in [0.2, 0.25) is 10.0 Å². The van der Waals surface area contributed by atoms with E-state index in [4.69, 9.17) is 16.3 Å². The molecule has 1 fully saturated rings. The van der Waals surface area contributed by atoms with E-state index in [-0.39, 0.29) is 21.8 Å². The topological polar surface area (TPSA) is 55.4 Å². The molecule has 1 N–H and O–H groups in total. The predicted octanol–water partition coefficient (Wildman–Crippen LogP) is 3.26. The molecule has 4 nitrogen and oxygen atoms in total. The summed E-state index contributed by atoms with van der Waals surface area (Å²) in [6.45, 7) is 3.99. The van der Waals surface area contributed by atoms with E-state index in [1.807, 2.05) is 13.8 Å². The Balaban J connectivity index is 2.15. The first-order chi connectivity index (χ1) is 8.68. The van der Waals surface area contributed by atoms with Crippen molar-refractivity contribution in [1.29, 1.82) is 0 Å². The summed E-state index contributed by atoms with van der Waals surface area (Å²) in [6.07, 6.45) is 0.766. The van der Waals surface area contributed by atoms with Gasteiger partial charge in [0.05, 0.1) is 14.9 Å². The first kappa shape index (κ1) is 15.7. The number of ether oxygens (including phenoxy) is 1. The van der Waals surface area contributed by atoms with Crippen molar-refractivity contribution in [2.75, 3.05) is 7.11 Å². The number of halogens is 2. The standard InChI is InChI=1S/C11H15BrClNO3S2/c1-11(2)7(5-8(11)17-3)14-19(15,16)9-4-6(13)10(12)18-9/h4,7-8,14H,5H2,1-3H3. The molecule has 8 heteroatoms. The van der Waals surface area contributed by atoms with E-state index < -0.39 is 10.0 Å². The van der Waals surface area contributed by atoms with Gasteiger partial charge in [-0.15, -0.1) is 11.3 Å². The maximum absolute atomic E-state index is 12.3. The summed E-state index contributed by atoms with van der Waals surface area (Å²) in [5, 5.41) is 0.410. The molecule has 2 rings (SSSR count). The third kappa shape index (κ3) is 2.87. The van der Waals surface area contributed by atoms with Crippen molar-refractivity contribution in [3.63, 3.8) is 0 Å². The van der Waals surface area contributed by atoms with Gasteiger partial charge >= 0.3 is 0 Å². The number of thiophene rings is 1. The molecule has 0 amide bonds. The van der Waals surface area contributed by atoms with E-state index in [0.29, 0.717) is 15.2 Å². The summed E-state index contributed by atoms with van der Waals surface area (Å²) < 4.78 is 33.4. The Kier molecular flexibility index (Phi) is 4.36. The molecule has 0 radical (unpaired) electrons. The summed E-state index contributed by atoms with van der Waals surface area (Å²) in [4.78, 5) is 0. The summed E-state index contributed by atoms with van der Waals surface area (Å²) >= 11 is 10.2. The lowest BCUT2D eigenvalue weighted by Gasteiger charge is -2.50. The van der Waals surface area contributed by atoms with Gasteiger partial charge in [-0.2, -0.15) is 0 Å². The Labute approximate surface area is 130 Å². The molecule has 0 bridgehead atoms. The fourth-order valence-corrected chi connectivity index (χ4v) is 6.01. The molecule has 2 atom stereocenters. The zero-order chi connectivity index (χ0) is 14.4. The molecule has 1 aromatic heterocycles.